The van der Waals surface area contributed by atoms with E-state index in [1.165, 1.54) is 6.42 Å². The number of benzene rings is 1. The lowest BCUT2D eigenvalue weighted by atomic mass is 9.76. The average Bonchev–Trinajstić information content (AvgIpc) is 3.65. The molecule has 3 aromatic rings. The molecular formula is C30H40ClN5O2. The molecule has 0 radical (unpaired) electrons. The van der Waals surface area contributed by atoms with Crippen LogP contribution in [0.4, 0.5) is 0 Å². The van der Waals surface area contributed by atoms with Crippen LogP contribution in [0.3, 0.4) is 0 Å². The minimum Gasteiger partial charge on any atom is -0.345 e. The average molecular weight is 538 g/mol. The quantitative estimate of drug-likeness (QED) is 0.394. The Hall–Kier alpha value is -2.64. The summed E-state index contributed by atoms with van der Waals surface area (Å²) in [6.45, 7) is 3.38. The number of likely N-dealkylation sites (N-methyl/N-ethyl adjacent to an activating group) is 1. The molecule has 3 atom stereocenters. The molecule has 0 unspecified atom stereocenters. The van der Waals surface area contributed by atoms with Gasteiger partial charge in [-0.2, -0.15) is 5.10 Å². The Kier molecular flexibility index (Phi) is 8.24. The van der Waals surface area contributed by atoms with Crippen molar-refractivity contribution in [2.45, 2.75) is 76.9 Å². The number of nitrogens with one attached hydrogen (secondary N) is 1. The van der Waals surface area contributed by atoms with E-state index in [2.05, 4.69) is 32.1 Å². The van der Waals surface area contributed by atoms with Crippen molar-refractivity contribution in [1.29, 1.82) is 0 Å². The minimum absolute atomic E-state index is 0.107. The molecule has 5 rings (SSSR count). The summed E-state index contributed by atoms with van der Waals surface area (Å²) < 4.78 is 4.15. The van der Waals surface area contributed by atoms with Crippen molar-refractivity contribution in [1.82, 2.24) is 24.6 Å². The van der Waals surface area contributed by atoms with Crippen molar-refractivity contribution in [2.75, 3.05) is 13.6 Å². The predicted molar refractivity (Wildman–Crippen MR) is 152 cm³/mol. The zero-order valence-electron chi connectivity index (χ0n) is 22.8. The van der Waals surface area contributed by atoms with E-state index in [0.29, 0.717) is 17.4 Å². The highest BCUT2D eigenvalue weighted by molar-refractivity contribution is 6.31. The molecule has 1 aromatic carbocycles. The smallest absolute Gasteiger partial charge is 0.226 e. The number of hydrogen-bond acceptors (Lipinski definition) is 4. The molecule has 204 valence electrons. The third kappa shape index (κ3) is 5.41. The number of ketones is 1. The summed E-state index contributed by atoms with van der Waals surface area (Å²) in [7, 11) is 3.76. The summed E-state index contributed by atoms with van der Waals surface area (Å²) in [4.78, 5) is 29.2. The summed E-state index contributed by atoms with van der Waals surface area (Å²) in [6.07, 6.45) is 11.9. The van der Waals surface area contributed by atoms with Crippen LogP contribution in [0.5, 0.6) is 0 Å². The number of aryl methyl sites for hydroxylation is 1. The molecule has 0 spiro atoms. The fourth-order valence-corrected chi connectivity index (χ4v) is 6.74. The maximum Gasteiger partial charge on any atom is 0.226 e. The Morgan fingerprint density at radius 2 is 1.92 bits per heavy atom. The first kappa shape index (κ1) is 26.9. The van der Waals surface area contributed by atoms with Crippen LogP contribution >= 0.6 is 11.6 Å². The van der Waals surface area contributed by atoms with Crippen LogP contribution < -0.4 is 5.32 Å². The third-order valence-corrected chi connectivity index (χ3v) is 9.12. The van der Waals surface area contributed by atoms with Gasteiger partial charge in [-0.1, -0.05) is 30.9 Å². The molecule has 1 amide bonds. The van der Waals surface area contributed by atoms with E-state index in [1.54, 1.807) is 0 Å². The molecule has 7 nitrogen and oxygen atoms in total. The first-order valence-corrected chi connectivity index (χ1v) is 14.5. The first-order valence-electron chi connectivity index (χ1n) is 14.1. The Bertz CT molecular complexity index is 1290. The second-order valence-electron chi connectivity index (χ2n) is 11.2. The van der Waals surface area contributed by atoms with Crippen molar-refractivity contribution in [3.05, 3.63) is 41.7 Å². The molecule has 0 bridgehead atoms. The summed E-state index contributed by atoms with van der Waals surface area (Å²) in [5.41, 5.74) is 3.22. The fourth-order valence-electron chi connectivity index (χ4n) is 6.56. The molecule has 1 saturated heterocycles. The maximum atomic E-state index is 14.2. The van der Waals surface area contributed by atoms with E-state index >= 15 is 0 Å². The molecule has 1 saturated carbocycles. The highest BCUT2D eigenvalue weighted by atomic mass is 35.5. The summed E-state index contributed by atoms with van der Waals surface area (Å²) >= 11 is 6.40. The van der Waals surface area contributed by atoms with E-state index in [1.807, 2.05) is 50.1 Å². The van der Waals surface area contributed by atoms with Gasteiger partial charge in [0, 0.05) is 72.4 Å². The molecule has 1 aliphatic heterocycles. The van der Waals surface area contributed by atoms with Gasteiger partial charge in [-0.05, 0) is 69.8 Å². The number of halogens is 1. The van der Waals surface area contributed by atoms with Crippen LogP contribution in [0.1, 0.15) is 58.3 Å². The zero-order chi connectivity index (χ0) is 26.8. The van der Waals surface area contributed by atoms with Gasteiger partial charge in [0.15, 0.2) is 0 Å². The van der Waals surface area contributed by atoms with Gasteiger partial charge in [0.2, 0.25) is 5.91 Å². The van der Waals surface area contributed by atoms with Gasteiger partial charge in [0.05, 0.1) is 11.7 Å². The van der Waals surface area contributed by atoms with Crippen LogP contribution in [-0.4, -0.2) is 56.6 Å². The largest absolute Gasteiger partial charge is 0.345 e. The van der Waals surface area contributed by atoms with E-state index < -0.39 is 0 Å². The second-order valence-corrected chi connectivity index (χ2v) is 11.6. The molecular weight excluding hydrogens is 498 g/mol. The van der Waals surface area contributed by atoms with Crippen LogP contribution in [0.15, 0.2) is 36.7 Å². The molecule has 2 aliphatic rings. The molecule has 1 N–H and O–H groups in total. The molecule has 3 heterocycles. The lowest BCUT2D eigenvalue weighted by Crippen LogP contribution is -2.45. The van der Waals surface area contributed by atoms with Gasteiger partial charge in [-0.25, -0.2) is 0 Å². The molecule has 1 aliphatic carbocycles. The van der Waals surface area contributed by atoms with Crippen LogP contribution in [0.25, 0.3) is 22.2 Å². The van der Waals surface area contributed by atoms with E-state index in [0.717, 1.165) is 73.8 Å². The van der Waals surface area contributed by atoms with Crippen LogP contribution in [-0.2, 0) is 23.2 Å². The van der Waals surface area contributed by atoms with E-state index in [4.69, 9.17) is 11.6 Å². The van der Waals surface area contributed by atoms with Gasteiger partial charge in [0.1, 0.15) is 5.78 Å². The van der Waals surface area contributed by atoms with E-state index in [9.17, 15) is 9.59 Å². The van der Waals surface area contributed by atoms with Gasteiger partial charge in [-0.3, -0.25) is 14.3 Å². The highest BCUT2D eigenvalue weighted by Crippen LogP contribution is 2.37. The molecule has 8 heteroatoms. The lowest BCUT2D eigenvalue weighted by Gasteiger charge is -2.35. The fraction of sp³-hybridized carbons (Fsp3) is 0.567. The molecule has 2 fully saturated rings. The van der Waals surface area contributed by atoms with Crippen molar-refractivity contribution >= 4 is 34.2 Å². The highest BCUT2D eigenvalue weighted by Gasteiger charge is 2.39. The Balaban J connectivity index is 1.42. The Morgan fingerprint density at radius 1 is 1.13 bits per heavy atom. The normalized spacial score (nSPS) is 20.2. The van der Waals surface area contributed by atoms with Crippen LogP contribution in [0, 0.1) is 11.8 Å². The maximum absolute atomic E-state index is 14.2. The standard InChI is InChI=1S/C30H40ClN5O2/c1-20(32-2)29(37)17-24(21-8-5-4-6-9-21)30(38)36-15-7-10-23(36)18-35-19-26(27-13-14-33-34(27)3)25-16-22(31)11-12-28(25)35/h11-14,16,19-21,23-24,32H,4-10,15,17-18H2,1-3H3/t20-,23-,24-/m0/s1. The number of aromatic nitrogens is 3. The Morgan fingerprint density at radius 3 is 2.63 bits per heavy atom. The van der Waals surface area contributed by atoms with Crippen molar-refractivity contribution in [2.24, 2.45) is 18.9 Å². The number of hydrogen-bond donors (Lipinski definition) is 1. The second kappa shape index (κ2) is 11.6. The topological polar surface area (TPSA) is 72.2 Å². The number of Topliss-reactive ketones (excluding diaryl/α,β-unsaturated/α-hetero) is 1. The van der Waals surface area contributed by atoms with Crippen molar-refractivity contribution in [3.63, 3.8) is 0 Å². The number of carbonyl (C=O) groups is 2. The van der Waals surface area contributed by atoms with Crippen molar-refractivity contribution in [3.8, 4) is 11.3 Å². The van der Waals surface area contributed by atoms with Crippen LogP contribution in [0.2, 0.25) is 5.02 Å². The first-order chi connectivity index (χ1) is 18.4. The predicted octanol–water partition coefficient (Wildman–Crippen LogP) is 5.45. The van der Waals surface area contributed by atoms with Crippen molar-refractivity contribution < 1.29 is 9.59 Å². The van der Waals surface area contributed by atoms with Gasteiger partial charge in [-0.15, -0.1) is 0 Å². The third-order valence-electron chi connectivity index (χ3n) is 8.88. The van der Waals surface area contributed by atoms with E-state index in [-0.39, 0.29) is 29.7 Å². The number of nitrogens with zero attached hydrogens (tertiary/aromatic N) is 4. The van der Waals surface area contributed by atoms with Gasteiger partial charge >= 0.3 is 0 Å². The summed E-state index contributed by atoms with van der Waals surface area (Å²) in [5.74, 6) is 0.407. The summed E-state index contributed by atoms with van der Waals surface area (Å²) in [6, 6.07) is 7.91. The van der Waals surface area contributed by atoms with Gasteiger partial charge in [0.25, 0.3) is 0 Å². The number of rotatable bonds is 9. The monoisotopic (exact) mass is 537 g/mol. The minimum atomic E-state index is -0.230. The number of fused-ring (bicyclic) bond motifs is 1. The van der Waals surface area contributed by atoms with Gasteiger partial charge < -0.3 is 14.8 Å². The molecule has 38 heavy (non-hydrogen) atoms. The number of likely N-dealkylation sites (tertiary alicyclic amines) is 1. The number of amides is 1. The zero-order valence-corrected chi connectivity index (χ0v) is 23.6. The lowest BCUT2D eigenvalue weighted by molar-refractivity contribution is -0.141. The SMILES string of the molecule is CN[C@@H](C)C(=O)C[C@H](C(=O)N1CCC[C@H]1Cn1cc(-c2ccnn2C)c2cc(Cl)ccc21)C1CCCCC1. The summed E-state index contributed by atoms with van der Waals surface area (Å²) in [5, 5.41) is 9.22. The molecule has 2 aromatic heterocycles. The number of carbonyl (C=O) groups excluding carboxylic acids is 2. The Labute approximate surface area is 230 Å².